The van der Waals surface area contributed by atoms with E-state index in [1.54, 1.807) is 26.0 Å². The monoisotopic (exact) mass is 691 g/mol. The molecule has 8 nitrogen and oxygen atoms in total. The van der Waals surface area contributed by atoms with E-state index in [4.69, 9.17) is 49.0 Å². The van der Waals surface area contributed by atoms with E-state index in [1.165, 1.54) is 25.2 Å². The van der Waals surface area contributed by atoms with Gasteiger partial charge in [0.1, 0.15) is 24.6 Å². The van der Waals surface area contributed by atoms with Crippen LogP contribution in [0.3, 0.4) is 0 Å². The Hall–Kier alpha value is -2.17. The number of thiazole rings is 1. The van der Waals surface area contributed by atoms with Crippen LogP contribution in [-0.2, 0) is 23.8 Å². The van der Waals surface area contributed by atoms with Gasteiger partial charge in [0, 0.05) is 11.8 Å². The fourth-order valence-corrected chi connectivity index (χ4v) is 5.12. The molecule has 1 heterocycles. The number of alkyl halides is 3. The number of hydrogen-bond donors (Lipinski definition) is 1. The first kappa shape index (κ1) is 39.9. The average molecular weight is 693 g/mol. The molecule has 1 aromatic rings. The zero-order chi connectivity index (χ0) is 33.8. The van der Waals surface area contributed by atoms with Crippen LogP contribution in [-0.4, -0.2) is 56.7 Å². The number of rotatable bonds is 17. The summed E-state index contributed by atoms with van der Waals surface area (Å²) < 4.78 is 14.3. The number of esters is 1. The summed E-state index contributed by atoms with van der Waals surface area (Å²) in [6, 6.07) is 0. The number of aromatic nitrogens is 1. The number of aryl methyl sites for hydroxylation is 1. The molecule has 0 radical (unpaired) electrons. The Morgan fingerprint density at radius 2 is 1.75 bits per heavy atom. The minimum absolute atomic E-state index is 0.339. The number of nitrogens with zero attached hydrogens (tertiary/aromatic N) is 1. The summed E-state index contributed by atoms with van der Waals surface area (Å²) in [4.78, 5) is 43.6. The Kier molecular flexibility index (Phi) is 16.4. The van der Waals surface area contributed by atoms with E-state index in [0.29, 0.717) is 12.8 Å². The number of hydrogen-bond acceptors (Lipinski definition) is 9. The van der Waals surface area contributed by atoms with Gasteiger partial charge in [-0.2, -0.15) is 0 Å². The maximum atomic E-state index is 13.7. The summed E-state index contributed by atoms with van der Waals surface area (Å²) in [5, 5.41) is 14.0. The van der Waals surface area contributed by atoms with Gasteiger partial charge in [-0.05, 0) is 44.8 Å². The molecule has 1 aromatic heterocycles. The van der Waals surface area contributed by atoms with E-state index in [2.05, 4.69) is 18.1 Å². The van der Waals surface area contributed by atoms with Gasteiger partial charge in [-0.3, -0.25) is 9.59 Å². The molecule has 0 aromatic carbocycles. The molecule has 44 heavy (non-hydrogen) atoms. The molecular weight excluding hydrogens is 649 g/mol. The Morgan fingerprint density at radius 3 is 2.27 bits per heavy atom. The third-order valence-corrected chi connectivity index (χ3v) is 8.31. The van der Waals surface area contributed by atoms with Crippen LogP contribution in [0.5, 0.6) is 0 Å². The van der Waals surface area contributed by atoms with E-state index < -0.39 is 64.4 Å². The van der Waals surface area contributed by atoms with E-state index in [-0.39, 0.29) is 5.92 Å². The van der Waals surface area contributed by atoms with Gasteiger partial charge in [0.25, 0.3) is 0 Å². The van der Waals surface area contributed by atoms with Crippen molar-refractivity contribution in [1.82, 2.24) is 4.98 Å². The van der Waals surface area contributed by atoms with Crippen molar-refractivity contribution in [3.63, 3.8) is 0 Å². The lowest BCUT2D eigenvalue weighted by Crippen LogP contribution is -2.47. The summed E-state index contributed by atoms with van der Waals surface area (Å²) >= 11 is 18.5. The maximum absolute atomic E-state index is 13.7. The van der Waals surface area contributed by atoms with Gasteiger partial charge in [-0.1, -0.05) is 92.9 Å². The Balaban J connectivity index is 3.10. The standard InChI is InChI=1S/C32H44Cl3NO7S/c1-10-12-20(4)28(43-30(40)41-18-32(33,34)35)22(6)29(39)31(8,9)26(37)16-27(38)42-25(14-13-19(3)11-2)21(5)15-24-17-44-23(7)36-24/h10-11,13,15,17,20,22,25-26,28,37H,1-2,12,14,16,18H2,3-9H3/b19-13-,21-15+/t20-,22+,25-,26-,28-/m0/s1. The maximum Gasteiger partial charge on any atom is 0.508 e. The zero-order valence-corrected chi connectivity index (χ0v) is 29.5. The largest absolute Gasteiger partial charge is 0.508 e. The molecule has 0 bridgehead atoms. The Morgan fingerprint density at radius 1 is 1.11 bits per heavy atom. The second-order valence-electron chi connectivity index (χ2n) is 11.4. The van der Waals surface area contributed by atoms with Crippen molar-refractivity contribution in [3.8, 4) is 0 Å². The van der Waals surface area contributed by atoms with Crippen LogP contribution in [0, 0.1) is 24.2 Å². The number of ether oxygens (including phenoxy) is 3. The van der Waals surface area contributed by atoms with Crippen molar-refractivity contribution >= 4 is 70.1 Å². The molecule has 0 amide bonds. The van der Waals surface area contributed by atoms with Gasteiger partial charge in [-0.25, -0.2) is 9.78 Å². The van der Waals surface area contributed by atoms with E-state index in [9.17, 15) is 19.5 Å². The molecule has 1 N–H and O–H groups in total. The molecule has 0 aliphatic carbocycles. The SMILES string of the molecule is C=CC[C@H](C)[C@H](OC(=O)OCC(Cl)(Cl)Cl)[C@@H](C)C(=O)C(C)(C)[C@@H](O)CC(=O)O[C@@H](C/C=C(/C)C=C)/C(C)=C/c1csc(C)n1. The van der Waals surface area contributed by atoms with Crippen LogP contribution >= 0.6 is 46.1 Å². The zero-order valence-electron chi connectivity index (χ0n) is 26.4. The topological polar surface area (TPSA) is 112 Å². The van der Waals surface area contributed by atoms with Gasteiger partial charge in [0.15, 0.2) is 0 Å². The molecule has 1 rings (SSSR count). The average Bonchev–Trinajstić information content (AvgIpc) is 3.35. The summed E-state index contributed by atoms with van der Waals surface area (Å²) in [6.45, 7) is 19.0. The second-order valence-corrected chi connectivity index (χ2v) is 15.0. The van der Waals surface area contributed by atoms with Crippen LogP contribution in [0.4, 0.5) is 4.79 Å². The quantitative estimate of drug-likeness (QED) is 0.0750. The lowest BCUT2D eigenvalue weighted by atomic mass is 9.73. The fourth-order valence-electron chi connectivity index (χ4n) is 4.39. The van der Waals surface area contributed by atoms with Gasteiger partial charge in [-0.15, -0.1) is 17.9 Å². The third-order valence-electron chi connectivity index (χ3n) is 7.19. The lowest BCUT2D eigenvalue weighted by Gasteiger charge is -2.35. The molecule has 0 aliphatic rings. The summed E-state index contributed by atoms with van der Waals surface area (Å²) in [5.74, 6) is -2.33. The predicted molar refractivity (Wildman–Crippen MR) is 178 cm³/mol. The number of aliphatic hydroxyl groups excluding tert-OH is 1. The first-order valence-electron chi connectivity index (χ1n) is 14.1. The molecule has 246 valence electrons. The second kappa shape index (κ2) is 18.1. The Labute approximate surface area is 280 Å². The number of allylic oxidation sites excluding steroid dienone is 3. The normalized spacial score (nSPS) is 16.2. The van der Waals surface area contributed by atoms with Crippen LogP contribution in [0.2, 0.25) is 0 Å². The van der Waals surface area contributed by atoms with E-state index in [0.717, 1.165) is 21.8 Å². The molecule has 0 saturated heterocycles. The lowest BCUT2D eigenvalue weighted by molar-refractivity contribution is -0.154. The molecule has 0 unspecified atom stereocenters. The van der Waals surface area contributed by atoms with Gasteiger partial charge in [0.2, 0.25) is 3.79 Å². The minimum Gasteiger partial charge on any atom is -0.457 e. The molecule has 0 saturated carbocycles. The van der Waals surface area contributed by atoms with Gasteiger partial charge >= 0.3 is 12.1 Å². The number of aliphatic hydroxyl groups is 1. The van der Waals surface area contributed by atoms with Gasteiger partial charge < -0.3 is 19.3 Å². The van der Waals surface area contributed by atoms with Crippen LogP contribution < -0.4 is 0 Å². The number of ketones is 1. The molecule has 0 aliphatic heterocycles. The molecule has 0 fully saturated rings. The number of halogens is 3. The smallest absolute Gasteiger partial charge is 0.457 e. The number of carbonyl (C=O) groups is 3. The van der Waals surface area contributed by atoms with Crippen molar-refractivity contribution in [2.45, 2.75) is 89.8 Å². The summed E-state index contributed by atoms with van der Waals surface area (Å²) in [7, 11) is 0. The third kappa shape index (κ3) is 13.4. The summed E-state index contributed by atoms with van der Waals surface area (Å²) in [6.07, 6.45) is 3.39. The molecular formula is C32H44Cl3NO7S. The van der Waals surface area contributed by atoms with Crippen molar-refractivity contribution in [3.05, 3.63) is 58.6 Å². The predicted octanol–water partition coefficient (Wildman–Crippen LogP) is 8.38. The fraction of sp³-hybridized carbons (Fsp3) is 0.562. The van der Waals surface area contributed by atoms with Crippen molar-refractivity contribution in [1.29, 1.82) is 0 Å². The van der Waals surface area contributed by atoms with Crippen LogP contribution in [0.15, 0.2) is 47.9 Å². The first-order valence-corrected chi connectivity index (χ1v) is 16.2. The molecule has 12 heteroatoms. The highest BCUT2D eigenvalue weighted by Gasteiger charge is 2.44. The molecule has 0 spiro atoms. The number of Topliss-reactive ketones (excluding diaryl/α,β-unsaturated/α-hetero) is 1. The minimum atomic E-state index is -1.84. The van der Waals surface area contributed by atoms with Crippen molar-refractivity contribution in [2.75, 3.05) is 6.61 Å². The highest BCUT2D eigenvalue weighted by Crippen LogP contribution is 2.33. The van der Waals surface area contributed by atoms with Crippen LogP contribution in [0.25, 0.3) is 6.08 Å². The highest BCUT2D eigenvalue weighted by atomic mass is 35.6. The van der Waals surface area contributed by atoms with Crippen molar-refractivity contribution < 1.29 is 33.7 Å². The first-order chi connectivity index (χ1) is 20.3. The Bertz CT molecular complexity index is 1220. The van der Waals surface area contributed by atoms with Crippen LogP contribution in [0.1, 0.15) is 71.5 Å². The molecule has 5 atom stereocenters. The highest BCUT2D eigenvalue weighted by molar-refractivity contribution is 7.09. The number of carbonyl (C=O) groups excluding carboxylic acids is 3. The summed E-state index contributed by atoms with van der Waals surface area (Å²) in [5.41, 5.74) is 1.04. The van der Waals surface area contributed by atoms with Gasteiger partial charge in [0.05, 0.1) is 34.6 Å². The van der Waals surface area contributed by atoms with E-state index in [1.807, 2.05) is 38.3 Å². The van der Waals surface area contributed by atoms with E-state index >= 15 is 0 Å². The van der Waals surface area contributed by atoms with Crippen molar-refractivity contribution in [2.24, 2.45) is 17.3 Å².